The first kappa shape index (κ1) is 29.0. The van der Waals surface area contributed by atoms with E-state index in [-0.39, 0.29) is 0 Å². The number of hydrogen-bond donors (Lipinski definition) is 0. The van der Waals surface area contributed by atoms with Gasteiger partial charge in [-0.15, -0.1) is 0 Å². The number of para-hydroxylation sites is 2. The summed E-state index contributed by atoms with van der Waals surface area (Å²) < 4.78 is 13.3. The molecule has 0 amide bonds. The summed E-state index contributed by atoms with van der Waals surface area (Å²) in [6.07, 6.45) is 3.79. The van der Waals surface area contributed by atoms with Crippen molar-refractivity contribution in [3.8, 4) is 68.3 Å². The predicted molar refractivity (Wildman–Crippen MR) is 198 cm³/mol. The van der Waals surface area contributed by atoms with Crippen molar-refractivity contribution in [2.45, 2.75) is 5.41 Å². The topological polar surface area (TPSA) is 70.0 Å². The van der Waals surface area contributed by atoms with Crippen molar-refractivity contribution >= 4 is 0 Å². The lowest BCUT2D eigenvalue weighted by Crippen LogP contribution is -2.37. The van der Waals surface area contributed by atoms with Gasteiger partial charge in [-0.25, -0.2) is 9.97 Å². The summed E-state index contributed by atoms with van der Waals surface area (Å²) in [6.45, 7) is 0. The van der Waals surface area contributed by atoms with Crippen LogP contribution in [0.5, 0.6) is 23.3 Å². The van der Waals surface area contributed by atoms with Gasteiger partial charge in [0.2, 0.25) is 11.8 Å². The minimum Gasteiger partial charge on any atom is -0.457 e. The van der Waals surface area contributed by atoms with Crippen LogP contribution in [0.25, 0.3) is 45.0 Å². The van der Waals surface area contributed by atoms with Gasteiger partial charge < -0.3 is 9.47 Å². The molecule has 0 aliphatic carbocycles. The Morgan fingerprint density at radius 2 is 0.765 bits per heavy atom. The first-order chi connectivity index (χ1) is 25.3. The Morgan fingerprint density at radius 1 is 0.353 bits per heavy atom. The summed E-state index contributed by atoms with van der Waals surface area (Å²) in [5.74, 6) is 3.48. The van der Waals surface area contributed by atoms with Gasteiger partial charge in [0.25, 0.3) is 0 Å². The van der Waals surface area contributed by atoms with E-state index in [0.717, 1.165) is 67.1 Å². The lowest BCUT2D eigenvalue weighted by molar-refractivity contribution is 0.377. The molecule has 0 saturated carbocycles. The van der Waals surface area contributed by atoms with Crippen molar-refractivity contribution in [3.63, 3.8) is 0 Å². The molecule has 1 spiro atoms. The van der Waals surface area contributed by atoms with Crippen LogP contribution >= 0.6 is 0 Å². The fourth-order valence-electron chi connectivity index (χ4n) is 7.43. The first-order valence-corrected chi connectivity index (χ1v) is 16.9. The second-order valence-electron chi connectivity index (χ2n) is 12.7. The summed E-state index contributed by atoms with van der Waals surface area (Å²) in [4.78, 5) is 20.3. The predicted octanol–water partition coefficient (Wildman–Crippen LogP) is 10.5. The van der Waals surface area contributed by atoms with Crippen molar-refractivity contribution in [2.24, 2.45) is 0 Å². The van der Waals surface area contributed by atoms with Gasteiger partial charge >= 0.3 is 0 Å². The van der Waals surface area contributed by atoms with E-state index in [0.29, 0.717) is 23.4 Å². The second-order valence-corrected chi connectivity index (χ2v) is 12.7. The molecule has 0 N–H and O–H groups in total. The number of rotatable bonds is 4. The third-order valence-corrected chi connectivity index (χ3v) is 9.77. The maximum Gasteiger partial charge on any atom is 0.229 e. The maximum atomic E-state index is 6.75. The zero-order valence-corrected chi connectivity index (χ0v) is 27.3. The molecular weight excluding hydrogens is 629 g/mol. The quantitative estimate of drug-likeness (QED) is 0.188. The van der Waals surface area contributed by atoms with Crippen LogP contribution in [0.1, 0.15) is 22.3 Å². The van der Waals surface area contributed by atoms with Gasteiger partial charge in [-0.05, 0) is 46.5 Å². The molecule has 0 radical (unpaired) electrons. The van der Waals surface area contributed by atoms with Gasteiger partial charge in [-0.3, -0.25) is 0 Å². The number of hydrogen-bond acceptors (Lipinski definition) is 6. The normalized spacial score (nSPS) is 13.2. The standard InChI is InChI=1S/C45H28N4O2/c1-3-13-29(14-4-1)31-17-11-19-33(25-31)41-46-27-37-43(48-41)51-44-38(45(37)35-21-7-9-23-39(35)50-40-24-10-8-22-36(40)45)28-47-42(49-44)34-20-12-18-32(26-34)30-15-5-2-6-16-30/h1-28H. The Kier molecular flexibility index (Phi) is 6.61. The van der Waals surface area contributed by atoms with Gasteiger partial charge in [-0.2, -0.15) is 9.97 Å². The van der Waals surface area contributed by atoms with Crippen LogP contribution in [0.2, 0.25) is 0 Å². The lowest BCUT2D eigenvalue weighted by atomic mass is 9.64. The van der Waals surface area contributed by atoms with E-state index in [4.69, 9.17) is 29.4 Å². The van der Waals surface area contributed by atoms with Gasteiger partial charge in [0.15, 0.2) is 11.6 Å². The molecule has 2 aliphatic rings. The number of nitrogens with zero attached hydrogens (tertiary/aromatic N) is 4. The highest BCUT2D eigenvalue weighted by Crippen LogP contribution is 2.60. The largest absolute Gasteiger partial charge is 0.457 e. The smallest absolute Gasteiger partial charge is 0.229 e. The molecule has 2 aliphatic heterocycles. The Labute approximate surface area is 294 Å². The van der Waals surface area contributed by atoms with Crippen molar-refractivity contribution in [1.29, 1.82) is 0 Å². The van der Waals surface area contributed by atoms with Gasteiger partial charge in [0.1, 0.15) is 11.5 Å². The van der Waals surface area contributed by atoms with E-state index in [9.17, 15) is 0 Å². The van der Waals surface area contributed by atoms with Crippen LogP contribution in [-0.2, 0) is 5.41 Å². The highest BCUT2D eigenvalue weighted by Gasteiger charge is 2.52. The third kappa shape index (κ3) is 4.65. The first-order valence-electron chi connectivity index (χ1n) is 16.9. The highest BCUT2D eigenvalue weighted by molar-refractivity contribution is 5.76. The molecule has 0 unspecified atom stereocenters. The molecule has 2 aromatic heterocycles. The number of fused-ring (bicyclic) bond motifs is 8. The molecule has 8 aromatic rings. The molecule has 0 fully saturated rings. The molecule has 6 heteroatoms. The van der Waals surface area contributed by atoms with Crippen LogP contribution in [-0.4, -0.2) is 19.9 Å². The minimum absolute atomic E-state index is 0.437. The summed E-state index contributed by atoms with van der Waals surface area (Å²) >= 11 is 0. The molecule has 0 saturated heterocycles. The minimum atomic E-state index is -0.900. The fourth-order valence-corrected chi connectivity index (χ4v) is 7.43. The Bertz CT molecular complexity index is 2430. The lowest BCUT2D eigenvalue weighted by Gasteiger charge is -2.43. The van der Waals surface area contributed by atoms with E-state index in [1.54, 1.807) is 0 Å². The summed E-state index contributed by atoms with van der Waals surface area (Å²) in [7, 11) is 0. The van der Waals surface area contributed by atoms with Gasteiger partial charge in [-0.1, -0.05) is 133 Å². The Morgan fingerprint density at radius 3 is 1.25 bits per heavy atom. The molecule has 10 rings (SSSR count). The van der Waals surface area contributed by atoms with Crippen LogP contribution in [0, 0.1) is 0 Å². The van der Waals surface area contributed by atoms with Crippen LogP contribution in [0.4, 0.5) is 0 Å². The molecule has 0 bridgehead atoms. The van der Waals surface area contributed by atoms with E-state index >= 15 is 0 Å². The Hall–Kier alpha value is -6.92. The average molecular weight is 657 g/mol. The molecule has 51 heavy (non-hydrogen) atoms. The van der Waals surface area contributed by atoms with E-state index in [1.165, 1.54) is 0 Å². The Balaban J connectivity index is 1.19. The number of aromatic nitrogens is 4. The third-order valence-electron chi connectivity index (χ3n) is 9.77. The maximum absolute atomic E-state index is 6.75. The molecule has 240 valence electrons. The monoisotopic (exact) mass is 656 g/mol. The molecular formula is C45H28N4O2. The number of benzene rings is 6. The van der Waals surface area contributed by atoms with Crippen LogP contribution in [0.15, 0.2) is 170 Å². The van der Waals surface area contributed by atoms with E-state index in [2.05, 4.69) is 60.7 Å². The van der Waals surface area contributed by atoms with Gasteiger partial charge in [0.05, 0.1) is 16.5 Å². The molecule has 6 nitrogen and oxygen atoms in total. The zero-order chi connectivity index (χ0) is 33.8. The molecule has 6 aromatic carbocycles. The van der Waals surface area contributed by atoms with Crippen molar-refractivity contribution in [3.05, 3.63) is 192 Å². The van der Waals surface area contributed by atoms with Gasteiger partial charge in [0, 0.05) is 34.6 Å². The van der Waals surface area contributed by atoms with E-state index < -0.39 is 5.41 Å². The summed E-state index contributed by atoms with van der Waals surface area (Å²) in [5, 5.41) is 0. The molecule has 4 heterocycles. The SMILES string of the molecule is c1ccc(-c2cccc(-c3ncc4c(n3)Oc3nc(-c5cccc(-c6ccccc6)c5)ncc3C43c4ccccc4Oc4ccccc43)c2)cc1. The number of ether oxygens (including phenoxy) is 2. The van der Waals surface area contributed by atoms with Crippen molar-refractivity contribution < 1.29 is 9.47 Å². The van der Waals surface area contributed by atoms with Crippen LogP contribution < -0.4 is 9.47 Å². The van der Waals surface area contributed by atoms with Crippen molar-refractivity contribution in [2.75, 3.05) is 0 Å². The van der Waals surface area contributed by atoms with E-state index in [1.807, 2.05) is 109 Å². The summed E-state index contributed by atoms with van der Waals surface area (Å²) in [6, 6.07) is 53.4. The average Bonchev–Trinajstić information content (AvgIpc) is 3.21. The molecule has 0 atom stereocenters. The van der Waals surface area contributed by atoms with Crippen LogP contribution in [0.3, 0.4) is 0 Å². The zero-order valence-electron chi connectivity index (χ0n) is 27.3. The second kappa shape index (κ2) is 11.6. The fraction of sp³-hybridized carbons (Fsp3) is 0.0222. The summed E-state index contributed by atoms with van der Waals surface area (Å²) in [5.41, 5.74) is 8.76. The van der Waals surface area contributed by atoms with Crippen molar-refractivity contribution in [1.82, 2.24) is 19.9 Å². The highest BCUT2D eigenvalue weighted by atomic mass is 16.5.